The van der Waals surface area contributed by atoms with E-state index in [1.54, 1.807) is 12.4 Å². The normalized spacial score (nSPS) is 24.5. The fraction of sp³-hybridized carbons (Fsp3) is 0.458. The third-order valence-electron chi connectivity index (χ3n) is 6.61. The van der Waals surface area contributed by atoms with Gasteiger partial charge < -0.3 is 15.0 Å². The van der Waals surface area contributed by atoms with Crippen LogP contribution in [0.1, 0.15) is 47.4 Å². The average Bonchev–Trinajstić information content (AvgIpc) is 3.24. The van der Waals surface area contributed by atoms with Crippen LogP contribution in [0.3, 0.4) is 0 Å². The van der Waals surface area contributed by atoms with Crippen molar-refractivity contribution in [2.45, 2.75) is 50.8 Å². The topological polar surface area (TPSA) is 83.1 Å². The highest BCUT2D eigenvalue weighted by molar-refractivity contribution is 5.92. The van der Waals surface area contributed by atoms with Crippen LogP contribution in [0.15, 0.2) is 42.9 Å². The van der Waals surface area contributed by atoms with E-state index in [1.165, 1.54) is 10.9 Å². The van der Waals surface area contributed by atoms with Crippen molar-refractivity contribution in [3.8, 4) is 0 Å². The molecule has 0 bridgehead atoms. The number of aromatic nitrogens is 3. The zero-order valence-corrected chi connectivity index (χ0v) is 17.9. The van der Waals surface area contributed by atoms with Gasteiger partial charge in [0.05, 0.1) is 24.5 Å². The molecule has 1 aliphatic carbocycles. The Labute approximate surface area is 182 Å². The smallest absolute Gasteiger partial charge is 0.271 e. The Morgan fingerprint density at radius 3 is 3.10 bits per heavy atom. The van der Waals surface area contributed by atoms with Gasteiger partial charge in [0.15, 0.2) is 0 Å². The number of morpholine rings is 1. The van der Waals surface area contributed by atoms with Gasteiger partial charge in [-0.15, -0.1) is 0 Å². The van der Waals surface area contributed by atoms with Crippen LogP contribution in [-0.4, -0.2) is 57.1 Å². The second kappa shape index (κ2) is 8.40. The molecule has 3 aromatic rings. The number of fused-ring (bicyclic) bond motifs is 1. The van der Waals surface area contributed by atoms with E-state index in [-0.39, 0.29) is 17.6 Å². The van der Waals surface area contributed by atoms with Crippen molar-refractivity contribution in [1.29, 1.82) is 0 Å². The van der Waals surface area contributed by atoms with Gasteiger partial charge in [-0.2, -0.15) is 0 Å². The molecule has 1 saturated heterocycles. The van der Waals surface area contributed by atoms with Crippen molar-refractivity contribution in [3.63, 3.8) is 0 Å². The molecule has 1 aliphatic heterocycles. The van der Waals surface area contributed by atoms with Gasteiger partial charge in [0.2, 0.25) is 0 Å². The van der Waals surface area contributed by atoms with E-state index in [0.29, 0.717) is 12.3 Å². The SMILES string of the molecule is Cc1cnc(C(=O)N[C@@H]2CCCC[C@]23CN(Cc2ccc4[nH]ccc4c2)CCO3)cn1. The Morgan fingerprint density at radius 2 is 2.23 bits per heavy atom. The lowest BCUT2D eigenvalue weighted by Gasteiger charge is -2.49. The summed E-state index contributed by atoms with van der Waals surface area (Å²) in [7, 11) is 0. The molecule has 2 aromatic heterocycles. The maximum atomic E-state index is 12.8. The number of H-pyrrole nitrogens is 1. The Hall–Kier alpha value is -2.77. The van der Waals surface area contributed by atoms with E-state index in [9.17, 15) is 4.79 Å². The van der Waals surface area contributed by atoms with E-state index in [0.717, 1.165) is 56.5 Å². The Kier molecular flexibility index (Phi) is 5.46. The Balaban J connectivity index is 1.31. The Bertz CT molecular complexity index is 1060. The number of aryl methyl sites for hydroxylation is 1. The number of nitrogens with one attached hydrogen (secondary N) is 2. The predicted molar refractivity (Wildman–Crippen MR) is 119 cm³/mol. The number of hydrogen-bond donors (Lipinski definition) is 2. The molecule has 0 radical (unpaired) electrons. The van der Waals surface area contributed by atoms with Crippen molar-refractivity contribution in [3.05, 3.63) is 59.8 Å². The summed E-state index contributed by atoms with van der Waals surface area (Å²) in [6.45, 7) is 5.15. The van der Waals surface area contributed by atoms with Crippen molar-refractivity contribution in [2.24, 2.45) is 0 Å². The van der Waals surface area contributed by atoms with Crippen LogP contribution in [0.5, 0.6) is 0 Å². The predicted octanol–water partition coefficient (Wildman–Crippen LogP) is 3.21. The van der Waals surface area contributed by atoms with Crippen molar-refractivity contribution >= 4 is 16.8 Å². The molecule has 1 aromatic carbocycles. The van der Waals surface area contributed by atoms with E-state index in [1.807, 2.05) is 13.1 Å². The second-order valence-electron chi connectivity index (χ2n) is 8.84. The minimum Gasteiger partial charge on any atom is -0.370 e. The number of aromatic amines is 1. The molecule has 0 unspecified atom stereocenters. The van der Waals surface area contributed by atoms with Gasteiger partial charge in [0.25, 0.3) is 5.91 Å². The maximum Gasteiger partial charge on any atom is 0.271 e. The van der Waals surface area contributed by atoms with Gasteiger partial charge in [-0.1, -0.05) is 18.9 Å². The number of benzene rings is 1. The van der Waals surface area contributed by atoms with Gasteiger partial charge in [0, 0.05) is 37.5 Å². The quantitative estimate of drug-likeness (QED) is 0.679. The maximum absolute atomic E-state index is 12.8. The fourth-order valence-electron chi connectivity index (χ4n) is 4.99. The zero-order valence-electron chi connectivity index (χ0n) is 17.9. The molecule has 2 aliphatic rings. The highest BCUT2D eigenvalue weighted by Gasteiger charge is 2.46. The molecule has 7 heteroatoms. The Morgan fingerprint density at radius 1 is 1.29 bits per heavy atom. The number of hydrogen-bond acceptors (Lipinski definition) is 5. The molecule has 1 saturated carbocycles. The molecule has 1 amide bonds. The van der Waals surface area contributed by atoms with Crippen molar-refractivity contribution in [2.75, 3.05) is 19.7 Å². The summed E-state index contributed by atoms with van der Waals surface area (Å²) in [5, 5.41) is 4.46. The molecule has 5 rings (SSSR count). The molecule has 7 nitrogen and oxygen atoms in total. The monoisotopic (exact) mass is 419 g/mol. The first-order valence-corrected chi connectivity index (χ1v) is 11.1. The summed E-state index contributed by atoms with van der Waals surface area (Å²) in [6, 6.07) is 8.68. The van der Waals surface area contributed by atoms with Crippen LogP contribution in [0.25, 0.3) is 10.9 Å². The number of carbonyl (C=O) groups is 1. The van der Waals surface area contributed by atoms with Crippen molar-refractivity contribution < 1.29 is 9.53 Å². The van der Waals surface area contributed by atoms with Gasteiger partial charge in [-0.25, -0.2) is 4.98 Å². The summed E-state index contributed by atoms with van der Waals surface area (Å²) in [5.41, 5.74) is 3.28. The molecular weight excluding hydrogens is 390 g/mol. The minimum absolute atomic E-state index is 0.0215. The van der Waals surface area contributed by atoms with Crippen molar-refractivity contribution in [1.82, 2.24) is 25.2 Å². The fourth-order valence-corrected chi connectivity index (χ4v) is 4.99. The molecular formula is C24H29N5O2. The largest absolute Gasteiger partial charge is 0.370 e. The summed E-state index contributed by atoms with van der Waals surface area (Å²) in [4.78, 5) is 27.0. The van der Waals surface area contributed by atoms with Gasteiger partial charge in [-0.05, 0) is 48.9 Å². The summed E-state index contributed by atoms with van der Waals surface area (Å²) < 4.78 is 6.40. The minimum atomic E-state index is -0.345. The molecule has 2 fully saturated rings. The third-order valence-corrected chi connectivity index (χ3v) is 6.61. The number of ether oxygens (including phenoxy) is 1. The number of rotatable bonds is 4. The lowest BCUT2D eigenvalue weighted by Crippen LogP contribution is -2.64. The number of amides is 1. The summed E-state index contributed by atoms with van der Waals surface area (Å²) in [6.07, 6.45) is 9.27. The lowest BCUT2D eigenvalue weighted by atomic mass is 9.78. The molecule has 3 heterocycles. The highest BCUT2D eigenvalue weighted by Crippen LogP contribution is 2.35. The van der Waals surface area contributed by atoms with Gasteiger partial charge in [0.1, 0.15) is 11.3 Å². The van der Waals surface area contributed by atoms with Crippen LogP contribution < -0.4 is 5.32 Å². The standard InChI is InChI=1S/C24H29N5O2/c1-17-13-27-21(14-26-17)23(30)28-22-4-2-3-8-24(22)16-29(10-11-31-24)15-18-5-6-20-19(12-18)7-9-25-20/h5-7,9,12-14,22,25H,2-4,8,10-11,15-16H2,1H3,(H,28,30)/t22-,24+/m1/s1. The molecule has 2 N–H and O–H groups in total. The summed E-state index contributed by atoms with van der Waals surface area (Å²) in [5.74, 6) is -0.169. The first kappa shape index (κ1) is 20.2. The first-order valence-electron chi connectivity index (χ1n) is 11.1. The number of carbonyl (C=O) groups excluding carboxylic acids is 1. The molecule has 2 atom stereocenters. The van der Waals surface area contributed by atoms with E-state index in [4.69, 9.17) is 4.74 Å². The third kappa shape index (κ3) is 4.20. The highest BCUT2D eigenvalue weighted by atomic mass is 16.5. The molecule has 31 heavy (non-hydrogen) atoms. The van der Waals surface area contributed by atoms with Crippen LogP contribution in [-0.2, 0) is 11.3 Å². The second-order valence-corrected chi connectivity index (χ2v) is 8.84. The molecule has 1 spiro atoms. The van der Waals surface area contributed by atoms with E-state index < -0.39 is 0 Å². The van der Waals surface area contributed by atoms with Gasteiger partial charge >= 0.3 is 0 Å². The summed E-state index contributed by atoms with van der Waals surface area (Å²) >= 11 is 0. The van der Waals surface area contributed by atoms with Gasteiger partial charge in [-0.3, -0.25) is 14.7 Å². The van der Waals surface area contributed by atoms with Crippen LogP contribution in [0.2, 0.25) is 0 Å². The first-order chi connectivity index (χ1) is 15.1. The zero-order chi connectivity index (χ0) is 21.3. The van der Waals surface area contributed by atoms with E-state index >= 15 is 0 Å². The lowest BCUT2D eigenvalue weighted by molar-refractivity contribution is -0.143. The van der Waals surface area contributed by atoms with Crippen LogP contribution >= 0.6 is 0 Å². The van der Waals surface area contributed by atoms with Crippen LogP contribution in [0.4, 0.5) is 0 Å². The number of nitrogens with zero attached hydrogens (tertiary/aromatic N) is 3. The van der Waals surface area contributed by atoms with Crippen LogP contribution in [0, 0.1) is 6.92 Å². The average molecular weight is 420 g/mol. The van der Waals surface area contributed by atoms with E-state index in [2.05, 4.69) is 49.4 Å². The molecule has 162 valence electrons.